The zero-order valence-corrected chi connectivity index (χ0v) is 12.6. The fourth-order valence-electron chi connectivity index (χ4n) is 3.61. The molecule has 1 aromatic heterocycles. The Morgan fingerprint density at radius 2 is 2.05 bits per heavy atom. The second-order valence-corrected chi connectivity index (χ2v) is 6.14. The molecule has 2 aliphatic heterocycles. The van der Waals surface area contributed by atoms with E-state index in [1.807, 2.05) is 4.90 Å². The van der Waals surface area contributed by atoms with Crippen molar-refractivity contribution in [2.45, 2.75) is 32.2 Å². The lowest BCUT2D eigenvalue weighted by molar-refractivity contribution is 0.000168. The minimum absolute atomic E-state index is 0.0491. The number of hydrogen-bond acceptors (Lipinski definition) is 4. The summed E-state index contributed by atoms with van der Waals surface area (Å²) >= 11 is 0. The van der Waals surface area contributed by atoms with E-state index < -0.39 is 5.97 Å². The number of ether oxygens (including phenoxy) is 1. The Morgan fingerprint density at radius 1 is 1.32 bits per heavy atom. The Morgan fingerprint density at radius 3 is 2.64 bits per heavy atom. The molecule has 0 radical (unpaired) electrons. The van der Waals surface area contributed by atoms with Gasteiger partial charge in [0.25, 0.3) is 5.91 Å². The standard InChI is InChI=1S/C16H20N2O4/c1-11-16(5-8-22-9-6-16)4-7-18(11)14(19)12-2-3-13(15(20)21)17-10-12/h2-3,10-11H,4-9H2,1H3,(H,20,21). The van der Waals surface area contributed by atoms with Crippen molar-refractivity contribution in [3.05, 3.63) is 29.6 Å². The Hall–Kier alpha value is -1.95. The zero-order valence-electron chi connectivity index (χ0n) is 12.6. The SMILES string of the molecule is CC1N(C(=O)c2ccc(C(=O)O)nc2)CCC12CCOCC2. The Labute approximate surface area is 129 Å². The van der Waals surface area contributed by atoms with E-state index >= 15 is 0 Å². The van der Waals surface area contributed by atoms with Crippen LogP contribution in [0, 0.1) is 5.41 Å². The van der Waals surface area contributed by atoms with Gasteiger partial charge in [0, 0.05) is 32.0 Å². The molecule has 1 spiro atoms. The smallest absolute Gasteiger partial charge is 0.354 e. The van der Waals surface area contributed by atoms with E-state index in [0.29, 0.717) is 5.56 Å². The summed E-state index contributed by atoms with van der Waals surface area (Å²) in [6, 6.07) is 3.09. The third kappa shape index (κ3) is 2.47. The van der Waals surface area contributed by atoms with E-state index in [4.69, 9.17) is 9.84 Å². The van der Waals surface area contributed by atoms with Crippen molar-refractivity contribution in [2.24, 2.45) is 5.41 Å². The molecule has 0 saturated carbocycles. The maximum absolute atomic E-state index is 12.7. The molecular formula is C16H20N2O4. The van der Waals surface area contributed by atoms with Gasteiger partial charge in [-0.25, -0.2) is 9.78 Å². The highest BCUT2D eigenvalue weighted by Crippen LogP contribution is 2.45. The number of carbonyl (C=O) groups is 2. The van der Waals surface area contributed by atoms with Gasteiger partial charge in [0.15, 0.2) is 0 Å². The molecule has 2 fully saturated rings. The first-order chi connectivity index (χ1) is 10.5. The number of likely N-dealkylation sites (tertiary alicyclic amines) is 1. The normalized spacial score (nSPS) is 23.7. The summed E-state index contributed by atoms with van der Waals surface area (Å²) in [6.07, 6.45) is 4.35. The summed E-state index contributed by atoms with van der Waals surface area (Å²) in [7, 11) is 0. The van der Waals surface area contributed by atoms with Gasteiger partial charge in [-0.3, -0.25) is 4.79 Å². The van der Waals surface area contributed by atoms with Crippen LogP contribution in [0.2, 0.25) is 0 Å². The fraction of sp³-hybridized carbons (Fsp3) is 0.562. The average Bonchev–Trinajstić information content (AvgIpc) is 2.84. The second kappa shape index (κ2) is 5.68. The molecule has 3 heterocycles. The second-order valence-electron chi connectivity index (χ2n) is 6.14. The predicted molar refractivity (Wildman–Crippen MR) is 78.8 cm³/mol. The molecule has 118 valence electrons. The van der Waals surface area contributed by atoms with Crippen LogP contribution in [0.15, 0.2) is 18.3 Å². The van der Waals surface area contributed by atoms with E-state index in [9.17, 15) is 9.59 Å². The van der Waals surface area contributed by atoms with Crippen molar-refractivity contribution in [1.29, 1.82) is 0 Å². The zero-order chi connectivity index (χ0) is 15.7. The van der Waals surface area contributed by atoms with Crippen LogP contribution in [0.4, 0.5) is 0 Å². The lowest BCUT2D eigenvalue weighted by atomic mass is 9.74. The molecule has 0 aromatic carbocycles. The minimum atomic E-state index is -1.09. The average molecular weight is 304 g/mol. The summed E-state index contributed by atoms with van der Waals surface area (Å²) in [6.45, 7) is 4.37. The van der Waals surface area contributed by atoms with Gasteiger partial charge in [-0.05, 0) is 43.7 Å². The lowest BCUT2D eigenvalue weighted by Crippen LogP contribution is -2.43. The summed E-state index contributed by atoms with van der Waals surface area (Å²) in [4.78, 5) is 29.2. The van der Waals surface area contributed by atoms with Crippen LogP contribution in [0.3, 0.4) is 0 Å². The number of carbonyl (C=O) groups excluding carboxylic acids is 1. The summed E-state index contributed by atoms with van der Waals surface area (Å²) in [5, 5.41) is 8.86. The molecule has 1 aromatic rings. The first kappa shape index (κ1) is 15.0. The first-order valence-electron chi connectivity index (χ1n) is 7.62. The van der Waals surface area contributed by atoms with Crippen molar-refractivity contribution >= 4 is 11.9 Å². The number of carboxylic acids is 1. The number of rotatable bonds is 2. The maximum Gasteiger partial charge on any atom is 0.354 e. The highest BCUT2D eigenvalue weighted by molar-refractivity contribution is 5.95. The van der Waals surface area contributed by atoms with E-state index in [1.165, 1.54) is 12.3 Å². The molecule has 1 N–H and O–H groups in total. The van der Waals surface area contributed by atoms with Crippen LogP contribution in [0.25, 0.3) is 0 Å². The molecule has 1 unspecified atom stereocenters. The number of nitrogens with zero attached hydrogens (tertiary/aromatic N) is 2. The van der Waals surface area contributed by atoms with Crippen LogP contribution < -0.4 is 0 Å². The largest absolute Gasteiger partial charge is 0.477 e. The Bertz CT molecular complexity index is 578. The third-order valence-corrected chi connectivity index (χ3v) is 5.18. The fourth-order valence-corrected chi connectivity index (χ4v) is 3.61. The molecule has 22 heavy (non-hydrogen) atoms. The van der Waals surface area contributed by atoms with Crippen molar-refractivity contribution in [3.63, 3.8) is 0 Å². The number of hydrogen-bond donors (Lipinski definition) is 1. The predicted octanol–water partition coefficient (Wildman–Crippen LogP) is 1.81. The molecule has 0 aliphatic carbocycles. The van der Waals surface area contributed by atoms with E-state index in [1.54, 1.807) is 6.07 Å². The summed E-state index contributed by atoms with van der Waals surface area (Å²) < 4.78 is 5.45. The molecular weight excluding hydrogens is 284 g/mol. The highest BCUT2D eigenvalue weighted by atomic mass is 16.5. The molecule has 2 saturated heterocycles. The Kier molecular flexibility index (Phi) is 3.87. The van der Waals surface area contributed by atoms with Crippen LogP contribution in [-0.4, -0.2) is 52.7 Å². The van der Waals surface area contributed by atoms with Crippen molar-refractivity contribution in [2.75, 3.05) is 19.8 Å². The molecule has 2 aliphatic rings. The summed E-state index contributed by atoms with van der Waals surface area (Å²) in [5.41, 5.74) is 0.565. The molecule has 6 nitrogen and oxygen atoms in total. The van der Waals surface area contributed by atoms with Gasteiger partial charge in [0.05, 0.1) is 5.56 Å². The van der Waals surface area contributed by atoms with Crippen molar-refractivity contribution in [1.82, 2.24) is 9.88 Å². The maximum atomic E-state index is 12.7. The van der Waals surface area contributed by atoms with E-state index in [-0.39, 0.29) is 23.1 Å². The van der Waals surface area contributed by atoms with E-state index in [0.717, 1.165) is 39.0 Å². The molecule has 0 bridgehead atoms. The minimum Gasteiger partial charge on any atom is -0.477 e. The van der Waals surface area contributed by atoms with Gasteiger partial charge in [0.1, 0.15) is 5.69 Å². The summed E-state index contributed by atoms with van der Waals surface area (Å²) in [5.74, 6) is -1.16. The molecule has 3 rings (SSSR count). The molecule has 1 amide bonds. The number of pyridine rings is 1. The van der Waals surface area contributed by atoms with Gasteiger partial charge >= 0.3 is 5.97 Å². The lowest BCUT2D eigenvalue weighted by Gasteiger charge is -2.38. The van der Waals surface area contributed by atoms with Crippen molar-refractivity contribution < 1.29 is 19.4 Å². The quantitative estimate of drug-likeness (QED) is 0.901. The topological polar surface area (TPSA) is 79.7 Å². The molecule has 6 heteroatoms. The van der Waals surface area contributed by atoms with Crippen LogP contribution in [-0.2, 0) is 4.74 Å². The number of carboxylic acid groups (broad SMARTS) is 1. The van der Waals surface area contributed by atoms with Gasteiger partial charge in [-0.2, -0.15) is 0 Å². The monoisotopic (exact) mass is 304 g/mol. The molecule has 1 atom stereocenters. The van der Waals surface area contributed by atoms with Crippen LogP contribution in [0.5, 0.6) is 0 Å². The van der Waals surface area contributed by atoms with Gasteiger partial charge in [-0.1, -0.05) is 0 Å². The first-order valence-corrected chi connectivity index (χ1v) is 7.62. The van der Waals surface area contributed by atoms with Gasteiger partial charge < -0.3 is 14.7 Å². The van der Waals surface area contributed by atoms with Crippen molar-refractivity contribution in [3.8, 4) is 0 Å². The van der Waals surface area contributed by atoms with Crippen LogP contribution in [0.1, 0.15) is 47.0 Å². The number of amides is 1. The number of aromatic carboxylic acids is 1. The Balaban J connectivity index is 1.76. The van der Waals surface area contributed by atoms with Gasteiger partial charge in [-0.15, -0.1) is 0 Å². The van der Waals surface area contributed by atoms with Gasteiger partial charge in [0.2, 0.25) is 0 Å². The van der Waals surface area contributed by atoms with E-state index in [2.05, 4.69) is 11.9 Å². The third-order valence-electron chi connectivity index (χ3n) is 5.18. The van der Waals surface area contributed by atoms with Crippen LogP contribution >= 0.6 is 0 Å². The highest BCUT2D eigenvalue weighted by Gasteiger charge is 2.47. The number of aromatic nitrogens is 1.